The van der Waals surface area contributed by atoms with Gasteiger partial charge in [0.2, 0.25) is 0 Å². The highest BCUT2D eigenvalue weighted by molar-refractivity contribution is 5.94. The van der Waals surface area contributed by atoms with Gasteiger partial charge in [-0.15, -0.1) is 0 Å². The first kappa shape index (κ1) is 26.1. The van der Waals surface area contributed by atoms with E-state index in [1.165, 1.54) is 24.3 Å². The third-order valence-electron chi connectivity index (χ3n) is 3.88. The van der Waals surface area contributed by atoms with E-state index in [-0.39, 0.29) is 28.4 Å². The number of esters is 4. The standard InChI is InChI=1S/C21H16N2O12/c1-13(21(27)33-12-20(26)35-17-8-4-15(5-9-17)23(30)31)10-18(24)32-11-19(25)34-16-6-2-14(3-7-16)22(28)29/h2-9H,1,10-12H2. The van der Waals surface area contributed by atoms with Crippen LogP contribution < -0.4 is 9.47 Å². The van der Waals surface area contributed by atoms with Gasteiger partial charge in [0.05, 0.1) is 16.3 Å². The van der Waals surface area contributed by atoms with Gasteiger partial charge in [0.15, 0.2) is 13.2 Å². The van der Waals surface area contributed by atoms with Gasteiger partial charge in [-0.05, 0) is 24.3 Å². The maximum Gasteiger partial charge on any atom is 0.349 e. The van der Waals surface area contributed by atoms with Crippen molar-refractivity contribution in [1.82, 2.24) is 0 Å². The molecular weight excluding hydrogens is 472 g/mol. The van der Waals surface area contributed by atoms with Crippen molar-refractivity contribution in [2.24, 2.45) is 0 Å². The molecule has 0 saturated carbocycles. The highest BCUT2D eigenvalue weighted by Gasteiger charge is 2.18. The highest BCUT2D eigenvalue weighted by atomic mass is 16.6. The van der Waals surface area contributed by atoms with Gasteiger partial charge < -0.3 is 18.9 Å². The van der Waals surface area contributed by atoms with Crippen LogP contribution in [0.5, 0.6) is 11.5 Å². The molecule has 0 aliphatic carbocycles. The van der Waals surface area contributed by atoms with Crippen molar-refractivity contribution >= 4 is 35.3 Å². The number of non-ortho nitro benzene ring substituents is 2. The van der Waals surface area contributed by atoms with Crippen molar-refractivity contribution in [3.63, 3.8) is 0 Å². The van der Waals surface area contributed by atoms with Crippen LogP contribution in [0.2, 0.25) is 0 Å². The van der Waals surface area contributed by atoms with Gasteiger partial charge in [-0.2, -0.15) is 0 Å². The lowest BCUT2D eigenvalue weighted by molar-refractivity contribution is -0.385. The first-order valence-electron chi connectivity index (χ1n) is 9.46. The van der Waals surface area contributed by atoms with Gasteiger partial charge in [-0.25, -0.2) is 14.4 Å². The zero-order valence-corrected chi connectivity index (χ0v) is 17.7. The van der Waals surface area contributed by atoms with E-state index >= 15 is 0 Å². The molecule has 182 valence electrons. The summed E-state index contributed by atoms with van der Waals surface area (Å²) in [6, 6.07) is 9.19. The lowest BCUT2D eigenvalue weighted by atomic mass is 10.2. The third-order valence-corrected chi connectivity index (χ3v) is 3.88. The van der Waals surface area contributed by atoms with Crippen molar-refractivity contribution in [2.45, 2.75) is 6.42 Å². The summed E-state index contributed by atoms with van der Waals surface area (Å²) < 4.78 is 19.0. The van der Waals surface area contributed by atoms with Gasteiger partial charge in [0, 0.05) is 29.8 Å². The Hall–Kier alpha value is -5.14. The normalized spacial score (nSPS) is 9.94. The van der Waals surface area contributed by atoms with Crippen molar-refractivity contribution < 1.29 is 48.0 Å². The van der Waals surface area contributed by atoms with E-state index in [2.05, 4.69) is 16.1 Å². The molecule has 14 heteroatoms. The lowest BCUT2D eigenvalue weighted by Crippen LogP contribution is -2.22. The van der Waals surface area contributed by atoms with Crippen LogP contribution in [0.15, 0.2) is 60.7 Å². The van der Waals surface area contributed by atoms with Crippen LogP contribution in [-0.4, -0.2) is 46.9 Å². The van der Waals surface area contributed by atoms with Crippen LogP contribution in [0.4, 0.5) is 11.4 Å². The number of benzene rings is 2. The first-order valence-corrected chi connectivity index (χ1v) is 9.46. The maximum absolute atomic E-state index is 11.9. The molecule has 0 N–H and O–H groups in total. The molecule has 0 aliphatic rings. The second-order valence-corrected chi connectivity index (χ2v) is 6.47. The number of carbonyl (C=O) groups is 4. The number of hydrogen-bond donors (Lipinski definition) is 0. The number of nitro benzene ring substituents is 2. The van der Waals surface area contributed by atoms with Crippen LogP contribution in [-0.2, 0) is 28.7 Å². The minimum Gasteiger partial charge on any atom is -0.453 e. The van der Waals surface area contributed by atoms with Crippen molar-refractivity contribution in [2.75, 3.05) is 13.2 Å². The SMILES string of the molecule is C=C(CC(=O)OCC(=O)Oc1ccc([N+](=O)[O-])cc1)C(=O)OCC(=O)Oc1ccc([N+](=O)[O-])cc1. The monoisotopic (exact) mass is 488 g/mol. The molecule has 0 saturated heterocycles. The zero-order chi connectivity index (χ0) is 26.0. The van der Waals surface area contributed by atoms with E-state index in [1.54, 1.807) is 0 Å². The minimum absolute atomic E-state index is 0.00903. The summed E-state index contributed by atoms with van der Waals surface area (Å²) in [5.74, 6) is -4.10. The lowest BCUT2D eigenvalue weighted by Gasteiger charge is -2.08. The number of rotatable bonds is 11. The molecule has 2 rings (SSSR count). The topological polar surface area (TPSA) is 191 Å². The summed E-state index contributed by atoms with van der Waals surface area (Å²) in [4.78, 5) is 67.0. The summed E-state index contributed by atoms with van der Waals surface area (Å²) in [5, 5.41) is 21.2. The average molecular weight is 488 g/mol. The third kappa shape index (κ3) is 8.72. The van der Waals surface area contributed by atoms with Gasteiger partial charge >= 0.3 is 23.9 Å². The van der Waals surface area contributed by atoms with E-state index in [9.17, 15) is 39.4 Å². The molecule has 2 aromatic carbocycles. The summed E-state index contributed by atoms with van der Waals surface area (Å²) in [7, 11) is 0. The van der Waals surface area contributed by atoms with Crippen molar-refractivity contribution in [1.29, 1.82) is 0 Å². The van der Waals surface area contributed by atoms with E-state index < -0.39 is 53.4 Å². The number of nitro groups is 2. The molecule has 0 atom stereocenters. The van der Waals surface area contributed by atoms with Gasteiger partial charge in [0.1, 0.15) is 11.5 Å². The zero-order valence-electron chi connectivity index (χ0n) is 17.7. The molecule has 0 bridgehead atoms. The molecule has 0 aliphatic heterocycles. The molecule has 0 amide bonds. The van der Waals surface area contributed by atoms with E-state index in [1.807, 2.05) is 0 Å². The fourth-order valence-corrected chi connectivity index (χ4v) is 2.26. The molecule has 14 nitrogen and oxygen atoms in total. The largest absolute Gasteiger partial charge is 0.453 e. The smallest absolute Gasteiger partial charge is 0.349 e. The summed E-state index contributed by atoms with van der Waals surface area (Å²) in [6.07, 6.45) is -0.652. The molecule has 0 spiro atoms. The molecule has 0 unspecified atom stereocenters. The fourth-order valence-electron chi connectivity index (χ4n) is 2.26. The van der Waals surface area contributed by atoms with Crippen LogP contribution in [0.3, 0.4) is 0 Å². The Labute approximate surface area is 195 Å². The second-order valence-electron chi connectivity index (χ2n) is 6.47. The fraction of sp³-hybridized carbons (Fsp3) is 0.143. The predicted molar refractivity (Wildman–Crippen MR) is 113 cm³/mol. The molecular formula is C21H16N2O12. The first-order chi connectivity index (χ1) is 16.5. The van der Waals surface area contributed by atoms with Crippen molar-refractivity contribution in [3.8, 4) is 11.5 Å². The Morgan fingerprint density at radius 3 is 1.49 bits per heavy atom. The Balaban J connectivity index is 1.69. The number of carbonyl (C=O) groups excluding carboxylic acids is 4. The van der Waals surface area contributed by atoms with E-state index in [0.717, 1.165) is 24.3 Å². The molecule has 0 radical (unpaired) electrons. The maximum atomic E-state index is 11.9. The van der Waals surface area contributed by atoms with Crippen LogP contribution >= 0.6 is 0 Å². The number of nitrogens with zero attached hydrogens (tertiary/aromatic N) is 2. The highest BCUT2D eigenvalue weighted by Crippen LogP contribution is 2.18. The molecule has 35 heavy (non-hydrogen) atoms. The van der Waals surface area contributed by atoms with Crippen LogP contribution in [0.1, 0.15) is 6.42 Å². The average Bonchev–Trinajstić information content (AvgIpc) is 2.81. The number of ether oxygens (including phenoxy) is 4. The molecule has 2 aromatic rings. The Kier molecular flexibility index (Phi) is 9.10. The molecule has 0 aromatic heterocycles. The molecule has 0 heterocycles. The Morgan fingerprint density at radius 2 is 1.09 bits per heavy atom. The second kappa shape index (κ2) is 12.2. The van der Waals surface area contributed by atoms with E-state index in [0.29, 0.717) is 0 Å². The quantitative estimate of drug-likeness (QED) is 0.147. The summed E-state index contributed by atoms with van der Waals surface area (Å²) in [5.41, 5.74) is -0.790. The van der Waals surface area contributed by atoms with Crippen LogP contribution in [0.25, 0.3) is 0 Å². The molecule has 0 fully saturated rings. The van der Waals surface area contributed by atoms with Gasteiger partial charge in [-0.1, -0.05) is 6.58 Å². The van der Waals surface area contributed by atoms with Gasteiger partial charge in [0.25, 0.3) is 11.4 Å². The van der Waals surface area contributed by atoms with E-state index in [4.69, 9.17) is 9.47 Å². The summed E-state index contributed by atoms with van der Waals surface area (Å²) >= 11 is 0. The van der Waals surface area contributed by atoms with Crippen LogP contribution in [0, 0.1) is 20.2 Å². The Bertz CT molecular complexity index is 1160. The summed E-state index contributed by atoms with van der Waals surface area (Å²) in [6.45, 7) is 1.70. The Morgan fingerprint density at radius 1 is 0.686 bits per heavy atom. The van der Waals surface area contributed by atoms with Gasteiger partial charge in [-0.3, -0.25) is 25.0 Å². The predicted octanol–water partition coefficient (Wildman–Crippen LogP) is 2.05. The van der Waals surface area contributed by atoms with Crippen molar-refractivity contribution in [3.05, 3.63) is 80.9 Å². The number of hydrogen-bond acceptors (Lipinski definition) is 12. The minimum atomic E-state index is -1.10.